The normalized spacial score (nSPS) is 46.4. The molecule has 0 aromatic carbocycles. The Balaban J connectivity index is 2.31. The minimum atomic E-state index is -0.990. The Morgan fingerprint density at radius 1 is 1.62 bits per heavy atom. The zero-order valence-corrected chi connectivity index (χ0v) is 8.96. The number of aliphatic hydroxyl groups is 1. The summed E-state index contributed by atoms with van der Waals surface area (Å²) in [6.07, 6.45) is 0.489. The minimum absolute atomic E-state index is 0.203. The first kappa shape index (κ1) is 11.9. The summed E-state index contributed by atoms with van der Waals surface area (Å²) in [5, 5.41) is 9.17. The Morgan fingerprint density at radius 2 is 2.38 bits per heavy atom. The van der Waals surface area contributed by atoms with Gasteiger partial charge in [-0.05, 0) is 6.08 Å². The summed E-state index contributed by atoms with van der Waals surface area (Å²) in [5.41, 5.74) is 1.62. The fraction of sp³-hybridized carbons (Fsp3) is 0.700. The molecule has 5 unspecified atom stereocenters. The van der Waals surface area contributed by atoms with E-state index in [1.54, 1.807) is 6.08 Å². The van der Waals surface area contributed by atoms with Crippen LogP contribution in [0.4, 0.5) is 0 Å². The van der Waals surface area contributed by atoms with Crippen molar-refractivity contribution in [3.05, 3.63) is 18.4 Å². The van der Waals surface area contributed by atoms with Crippen LogP contribution in [0.15, 0.2) is 18.4 Å². The molecule has 2 radical (unpaired) electrons. The van der Waals surface area contributed by atoms with E-state index >= 15 is 0 Å². The number of fused-ring (bicyclic) bond motifs is 1. The van der Waals surface area contributed by atoms with Crippen LogP contribution >= 0.6 is 0 Å². The van der Waals surface area contributed by atoms with E-state index in [0.717, 1.165) is 0 Å². The van der Waals surface area contributed by atoms with Crippen molar-refractivity contribution in [1.29, 1.82) is 0 Å². The summed E-state index contributed by atoms with van der Waals surface area (Å²) in [4.78, 5) is 0. The quantitative estimate of drug-likeness (QED) is 0.507. The van der Waals surface area contributed by atoms with E-state index in [2.05, 4.69) is 12.3 Å². The van der Waals surface area contributed by atoms with Gasteiger partial charge in [-0.15, -0.1) is 5.73 Å². The van der Waals surface area contributed by atoms with E-state index in [0.29, 0.717) is 0 Å². The largest absolute Gasteiger partial charge is 0.394 e. The van der Waals surface area contributed by atoms with Crippen molar-refractivity contribution >= 4 is 7.85 Å². The molecule has 2 aliphatic rings. The van der Waals surface area contributed by atoms with Crippen molar-refractivity contribution in [2.45, 2.75) is 30.3 Å². The fourth-order valence-electron chi connectivity index (χ4n) is 2.06. The second-order valence-corrected chi connectivity index (χ2v) is 3.68. The molecule has 6 heteroatoms. The SMILES string of the molecule is [B]C1OC(CO)C2OC(OC)OC12C=C=C. The lowest BCUT2D eigenvalue weighted by Gasteiger charge is -2.25. The molecule has 5 nitrogen and oxygen atoms in total. The van der Waals surface area contributed by atoms with E-state index in [1.807, 2.05) is 0 Å². The van der Waals surface area contributed by atoms with Gasteiger partial charge in [0.1, 0.15) is 25.7 Å². The summed E-state index contributed by atoms with van der Waals surface area (Å²) >= 11 is 0. The van der Waals surface area contributed by atoms with Gasteiger partial charge in [0.25, 0.3) is 6.48 Å². The van der Waals surface area contributed by atoms with Crippen LogP contribution in [0, 0.1) is 0 Å². The van der Waals surface area contributed by atoms with Crippen molar-refractivity contribution in [2.75, 3.05) is 13.7 Å². The Bertz CT molecular complexity index is 316. The van der Waals surface area contributed by atoms with Crippen LogP contribution in [0.2, 0.25) is 0 Å². The third kappa shape index (κ3) is 1.55. The predicted octanol–water partition coefficient (Wildman–Crippen LogP) is -0.703. The van der Waals surface area contributed by atoms with Crippen molar-refractivity contribution in [3.63, 3.8) is 0 Å². The molecule has 0 aliphatic carbocycles. The molecule has 2 heterocycles. The first-order valence-corrected chi connectivity index (χ1v) is 4.93. The van der Waals surface area contributed by atoms with Gasteiger partial charge in [0.05, 0.1) is 12.6 Å². The van der Waals surface area contributed by atoms with E-state index in [9.17, 15) is 0 Å². The summed E-state index contributed by atoms with van der Waals surface area (Å²) < 4.78 is 21.3. The van der Waals surface area contributed by atoms with Crippen molar-refractivity contribution in [2.24, 2.45) is 0 Å². The summed E-state index contributed by atoms with van der Waals surface area (Å²) in [6, 6.07) is -0.746. The molecule has 5 atom stereocenters. The Kier molecular flexibility index (Phi) is 3.21. The molecule has 0 bridgehead atoms. The lowest BCUT2D eigenvalue weighted by Crippen LogP contribution is -2.45. The highest BCUT2D eigenvalue weighted by molar-refractivity contribution is 6.12. The van der Waals surface area contributed by atoms with Crippen LogP contribution < -0.4 is 0 Å². The summed E-state index contributed by atoms with van der Waals surface area (Å²) in [6.45, 7) is 2.46. The monoisotopic (exact) mass is 224 g/mol. The zero-order chi connectivity index (χ0) is 11.8. The molecule has 16 heavy (non-hydrogen) atoms. The number of ether oxygens (including phenoxy) is 4. The first-order valence-electron chi connectivity index (χ1n) is 4.93. The molecule has 0 spiro atoms. The van der Waals surface area contributed by atoms with Crippen LogP contribution in [0.3, 0.4) is 0 Å². The van der Waals surface area contributed by atoms with Gasteiger partial charge in [0.2, 0.25) is 0 Å². The molecule has 2 fully saturated rings. The zero-order valence-electron chi connectivity index (χ0n) is 8.96. The van der Waals surface area contributed by atoms with Crippen LogP contribution in [-0.4, -0.2) is 57.0 Å². The smallest absolute Gasteiger partial charge is 0.272 e. The third-order valence-corrected chi connectivity index (χ3v) is 2.81. The first-order chi connectivity index (χ1) is 7.67. The van der Waals surface area contributed by atoms with E-state index < -0.39 is 30.3 Å². The maximum Gasteiger partial charge on any atom is 0.272 e. The molecule has 86 valence electrons. The second kappa shape index (κ2) is 4.33. The van der Waals surface area contributed by atoms with Crippen LogP contribution in [0.25, 0.3) is 0 Å². The van der Waals surface area contributed by atoms with Gasteiger partial charge in [0, 0.05) is 7.11 Å². The van der Waals surface area contributed by atoms with Crippen LogP contribution in [0.5, 0.6) is 0 Å². The highest BCUT2D eigenvalue weighted by Crippen LogP contribution is 2.42. The predicted molar refractivity (Wildman–Crippen MR) is 54.7 cm³/mol. The van der Waals surface area contributed by atoms with E-state index in [4.69, 9.17) is 31.9 Å². The number of hydrogen-bond acceptors (Lipinski definition) is 5. The van der Waals surface area contributed by atoms with Gasteiger partial charge in [0.15, 0.2) is 0 Å². The molecule has 0 amide bonds. The highest BCUT2D eigenvalue weighted by Gasteiger charge is 2.61. The molecule has 2 saturated heterocycles. The van der Waals surface area contributed by atoms with E-state index in [1.165, 1.54) is 7.11 Å². The third-order valence-electron chi connectivity index (χ3n) is 2.81. The molecular formula is C10H13BO5. The van der Waals surface area contributed by atoms with Gasteiger partial charge in [-0.25, -0.2) is 0 Å². The van der Waals surface area contributed by atoms with Gasteiger partial charge in [-0.1, -0.05) is 6.58 Å². The lowest BCUT2D eigenvalue weighted by atomic mass is 9.80. The minimum Gasteiger partial charge on any atom is -0.394 e. The maximum atomic E-state index is 9.17. The van der Waals surface area contributed by atoms with Crippen molar-refractivity contribution in [3.8, 4) is 0 Å². The topological polar surface area (TPSA) is 57.2 Å². The number of hydrogen-bond donors (Lipinski definition) is 1. The van der Waals surface area contributed by atoms with Crippen molar-refractivity contribution in [1.82, 2.24) is 0 Å². The maximum absolute atomic E-state index is 9.17. The second-order valence-electron chi connectivity index (χ2n) is 3.68. The Hall–Kier alpha value is -0.615. The summed E-state index contributed by atoms with van der Waals surface area (Å²) in [5.74, 6) is 0. The van der Waals surface area contributed by atoms with Crippen LogP contribution in [-0.2, 0) is 18.9 Å². The molecule has 2 rings (SSSR count). The molecule has 0 aromatic heterocycles. The van der Waals surface area contributed by atoms with Gasteiger partial charge in [-0.3, -0.25) is 0 Å². The van der Waals surface area contributed by atoms with Crippen LogP contribution in [0.1, 0.15) is 0 Å². The number of aliphatic hydroxyl groups excluding tert-OH is 1. The van der Waals surface area contributed by atoms with Crippen molar-refractivity contribution < 1.29 is 24.1 Å². The average Bonchev–Trinajstić information content (AvgIpc) is 2.76. The highest BCUT2D eigenvalue weighted by atomic mass is 16.9. The molecule has 0 aromatic rings. The van der Waals surface area contributed by atoms with Gasteiger partial charge in [-0.2, -0.15) is 0 Å². The fourth-order valence-corrected chi connectivity index (χ4v) is 2.06. The number of methoxy groups -OCH3 is 1. The van der Waals surface area contributed by atoms with Gasteiger partial charge < -0.3 is 24.1 Å². The van der Waals surface area contributed by atoms with E-state index in [-0.39, 0.29) is 6.61 Å². The average molecular weight is 224 g/mol. The lowest BCUT2D eigenvalue weighted by molar-refractivity contribution is -0.254. The Labute approximate surface area is 95.0 Å². The summed E-state index contributed by atoms with van der Waals surface area (Å²) in [7, 11) is 7.29. The standard InChI is InChI=1S/C10H13BO5/c1-3-4-10-7(15-9(13-2)16-10)6(5-12)14-8(10)11/h4,6-9,12H,1,5H2,2H3. The molecule has 2 aliphatic heterocycles. The molecule has 0 saturated carbocycles. The van der Waals surface area contributed by atoms with Gasteiger partial charge >= 0.3 is 0 Å². The Morgan fingerprint density at radius 3 is 2.94 bits per heavy atom. The molecule has 1 N–H and O–H groups in total. The molecular weight excluding hydrogens is 211 g/mol. The number of rotatable bonds is 3.